The van der Waals surface area contributed by atoms with Crippen molar-refractivity contribution in [3.63, 3.8) is 0 Å². The van der Waals surface area contributed by atoms with Gasteiger partial charge >= 0.3 is 0 Å². The summed E-state index contributed by atoms with van der Waals surface area (Å²) in [5.74, 6) is -0.599. The molecule has 1 N–H and O–H groups in total. The number of aliphatic hydroxyl groups is 1. The Morgan fingerprint density at radius 2 is 1.74 bits per heavy atom. The Hall–Kier alpha value is -2.07. The molecule has 0 saturated carbocycles. The Morgan fingerprint density at radius 3 is 2.37 bits per heavy atom. The Bertz CT molecular complexity index is 557. The summed E-state index contributed by atoms with van der Waals surface area (Å²) in [6.45, 7) is 0. The molecule has 0 bridgehead atoms. The standard InChI is InChI=1S/C15H14FNO2/c16-14-10-12(8-9-13(14)15(18)17-19)7-6-11-4-2-1-3-5-11/h1-5,8-10,15,18H,6-7H2. The number of nitroso groups, excluding NO2 is 1. The summed E-state index contributed by atoms with van der Waals surface area (Å²) < 4.78 is 13.7. The number of benzene rings is 2. The Morgan fingerprint density at radius 1 is 1.05 bits per heavy atom. The van der Waals surface area contributed by atoms with E-state index in [1.54, 1.807) is 6.07 Å². The lowest BCUT2D eigenvalue weighted by Gasteiger charge is -2.07. The van der Waals surface area contributed by atoms with Crippen molar-refractivity contribution in [1.82, 2.24) is 0 Å². The molecular weight excluding hydrogens is 245 g/mol. The molecule has 2 aromatic carbocycles. The Balaban J connectivity index is 2.06. The number of aryl methyl sites for hydroxylation is 2. The molecule has 0 aromatic heterocycles. The highest BCUT2D eigenvalue weighted by Gasteiger charge is 2.13. The van der Waals surface area contributed by atoms with Crippen molar-refractivity contribution in [3.8, 4) is 0 Å². The highest BCUT2D eigenvalue weighted by Crippen LogP contribution is 2.20. The highest BCUT2D eigenvalue weighted by molar-refractivity contribution is 5.27. The zero-order valence-electron chi connectivity index (χ0n) is 10.3. The third kappa shape index (κ3) is 3.45. The lowest BCUT2D eigenvalue weighted by Crippen LogP contribution is -1.99. The quantitative estimate of drug-likeness (QED) is 0.837. The molecule has 0 aliphatic heterocycles. The zero-order valence-corrected chi connectivity index (χ0v) is 10.3. The van der Waals surface area contributed by atoms with Gasteiger partial charge in [-0.15, -0.1) is 4.91 Å². The SMILES string of the molecule is O=NC(O)c1ccc(CCc2ccccc2)cc1F. The molecule has 4 heteroatoms. The summed E-state index contributed by atoms with van der Waals surface area (Å²) in [5, 5.41) is 11.6. The van der Waals surface area contributed by atoms with Crippen LogP contribution in [0.15, 0.2) is 53.7 Å². The summed E-state index contributed by atoms with van der Waals surface area (Å²) in [6, 6.07) is 14.4. The van der Waals surface area contributed by atoms with Gasteiger partial charge in [-0.2, -0.15) is 0 Å². The number of aliphatic hydroxyl groups excluding tert-OH is 1. The van der Waals surface area contributed by atoms with Crippen LogP contribution < -0.4 is 0 Å². The fraction of sp³-hybridized carbons (Fsp3) is 0.200. The average Bonchev–Trinajstić information content (AvgIpc) is 2.45. The molecule has 0 aliphatic rings. The van der Waals surface area contributed by atoms with E-state index in [-0.39, 0.29) is 5.56 Å². The van der Waals surface area contributed by atoms with Crippen molar-refractivity contribution in [2.24, 2.45) is 5.18 Å². The van der Waals surface area contributed by atoms with Crippen LogP contribution in [0.2, 0.25) is 0 Å². The molecule has 1 atom stereocenters. The fourth-order valence-corrected chi connectivity index (χ4v) is 1.93. The molecule has 0 fully saturated rings. The first-order valence-electron chi connectivity index (χ1n) is 6.03. The Labute approximate surface area is 110 Å². The first-order valence-corrected chi connectivity index (χ1v) is 6.03. The third-order valence-electron chi connectivity index (χ3n) is 2.99. The van der Waals surface area contributed by atoms with E-state index in [4.69, 9.17) is 0 Å². The summed E-state index contributed by atoms with van der Waals surface area (Å²) in [6.07, 6.45) is -0.122. The zero-order chi connectivity index (χ0) is 13.7. The molecule has 0 spiro atoms. The number of rotatable bonds is 5. The van der Waals surface area contributed by atoms with E-state index in [1.165, 1.54) is 17.7 Å². The van der Waals surface area contributed by atoms with Crippen LogP contribution in [0.1, 0.15) is 22.9 Å². The molecule has 2 rings (SSSR count). The summed E-state index contributed by atoms with van der Waals surface area (Å²) in [5.41, 5.74) is 1.92. The molecular formula is C15H14FNO2. The van der Waals surface area contributed by atoms with E-state index < -0.39 is 12.0 Å². The predicted molar refractivity (Wildman–Crippen MR) is 71.0 cm³/mol. The van der Waals surface area contributed by atoms with E-state index in [0.29, 0.717) is 6.42 Å². The largest absolute Gasteiger partial charge is 0.365 e. The van der Waals surface area contributed by atoms with Gasteiger partial charge in [-0.05, 0) is 35.2 Å². The van der Waals surface area contributed by atoms with E-state index >= 15 is 0 Å². The second-order valence-corrected chi connectivity index (χ2v) is 4.32. The molecule has 0 heterocycles. The van der Waals surface area contributed by atoms with Gasteiger partial charge in [0.1, 0.15) is 5.82 Å². The molecule has 1 unspecified atom stereocenters. The Kier molecular flexibility index (Phi) is 4.36. The molecule has 0 amide bonds. The van der Waals surface area contributed by atoms with Gasteiger partial charge < -0.3 is 5.11 Å². The minimum atomic E-state index is -1.64. The minimum Gasteiger partial charge on any atom is -0.365 e. The van der Waals surface area contributed by atoms with Crippen molar-refractivity contribution in [2.45, 2.75) is 19.1 Å². The first-order chi connectivity index (χ1) is 9.20. The number of hydrogen-bond donors (Lipinski definition) is 1. The van der Waals surface area contributed by atoms with Crippen LogP contribution in [0.25, 0.3) is 0 Å². The van der Waals surface area contributed by atoms with Crippen molar-refractivity contribution in [3.05, 3.63) is 75.9 Å². The molecule has 19 heavy (non-hydrogen) atoms. The van der Waals surface area contributed by atoms with Gasteiger partial charge in [0.15, 0.2) is 0 Å². The average molecular weight is 259 g/mol. The van der Waals surface area contributed by atoms with Crippen LogP contribution in [0.5, 0.6) is 0 Å². The van der Waals surface area contributed by atoms with Crippen molar-refractivity contribution < 1.29 is 9.50 Å². The number of halogens is 1. The van der Waals surface area contributed by atoms with Crippen molar-refractivity contribution >= 4 is 0 Å². The van der Waals surface area contributed by atoms with E-state index in [9.17, 15) is 14.4 Å². The van der Waals surface area contributed by atoms with Crippen LogP contribution in [-0.2, 0) is 12.8 Å². The molecule has 98 valence electrons. The van der Waals surface area contributed by atoms with Gasteiger partial charge in [0.05, 0.1) is 0 Å². The van der Waals surface area contributed by atoms with E-state index in [0.717, 1.165) is 12.0 Å². The monoisotopic (exact) mass is 259 g/mol. The van der Waals surface area contributed by atoms with Gasteiger partial charge in [-0.3, -0.25) is 0 Å². The van der Waals surface area contributed by atoms with Gasteiger partial charge in [-0.25, -0.2) is 4.39 Å². The third-order valence-corrected chi connectivity index (χ3v) is 2.99. The normalized spacial score (nSPS) is 12.1. The topological polar surface area (TPSA) is 49.7 Å². The molecule has 3 nitrogen and oxygen atoms in total. The summed E-state index contributed by atoms with van der Waals surface area (Å²) >= 11 is 0. The fourth-order valence-electron chi connectivity index (χ4n) is 1.93. The van der Waals surface area contributed by atoms with Gasteiger partial charge in [-0.1, -0.05) is 42.5 Å². The summed E-state index contributed by atoms with van der Waals surface area (Å²) in [4.78, 5) is 10.2. The number of hydrogen-bond acceptors (Lipinski definition) is 3. The van der Waals surface area contributed by atoms with Crippen molar-refractivity contribution in [2.75, 3.05) is 0 Å². The maximum absolute atomic E-state index is 13.7. The van der Waals surface area contributed by atoms with Crippen LogP contribution in [0.3, 0.4) is 0 Å². The second kappa shape index (κ2) is 6.20. The first kappa shape index (κ1) is 13.4. The van der Waals surface area contributed by atoms with Crippen LogP contribution in [0.4, 0.5) is 4.39 Å². The second-order valence-electron chi connectivity index (χ2n) is 4.32. The van der Waals surface area contributed by atoms with E-state index in [2.05, 4.69) is 5.18 Å². The lowest BCUT2D eigenvalue weighted by molar-refractivity contribution is 0.182. The molecule has 0 radical (unpaired) electrons. The molecule has 0 aliphatic carbocycles. The van der Waals surface area contributed by atoms with Crippen LogP contribution >= 0.6 is 0 Å². The molecule has 2 aromatic rings. The van der Waals surface area contributed by atoms with Gasteiger partial charge in [0, 0.05) is 5.56 Å². The van der Waals surface area contributed by atoms with Gasteiger partial charge in [0.2, 0.25) is 6.23 Å². The smallest absolute Gasteiger partial charge is 0.216 e. The van der Waals surface area contributed by atoms with Crippen molar-refractivity contribution in [1.29, 1.82) is 0 Å². The maximum Gasteiger partial charge on any atom is 0.216 e. The van der Waals surface area contributed by atoms with Crippen LogP contribution in [0, 0.1) is 10.7 Å². The maximum atomic E-state index is 13.7. The predicted octanol–water partition coefficient (Wildman–Crippen LogP) is 3.37. The number of nitrogens with zero attached hydrogens (tertiary/aromatic N) is 1. The van der Waals surface area contributed by atoms with Crippen LogP contribution in [-0.4, -0.2) is 5.11 Å². The minimum absolute atomic E-state index is 0.0848. The lowest BCUT2D eigenvalue weighted by atomic mass is 10.0. The summed E-state index contributed by atoms with van der Waals surface area (Å²) in [7, 11) is 0. The molecule has 0 saturated heterocycles. The van der Waals surface area contributed by atoms with E-state index in [1.807, 2.05) is 30.3 Å². The van der Waals surface area contributed by atoms with Gasteiger partial charge in [0.25, 0.3) is 0 Å². The highest BCUT2D eigenvalue weighted by atomic mass is 19.1.